The Morgan fingerprint density at radius 1 is 1.50 bits per heavy atom. The topological polar surface area (TPSA) is 32.6 Å². The number of hydrogen-bond acceptors (Lipinski definition) is 2. The maximum Gasteiger partial charge on any atom is 0.0667 e. The first kappa shape index (κ1) is 9.30. The summed E-state index contributed by atoms with van der Waals surface area (Å²) in [4.78, 5) is 0. The maximum absolute atomic E-state index is 8.82. The molecule has 12 heavy (non-hydrogen) atoms. The molecule has 0 atom stereocenters. The van der Waals surface area contributed by atoms with Crippen LogP contribution in [0.2, 0.25) is 0 Å². The smallest absolute Gasteiger partial charge is 0.0667 e. The Kier molecular flexibility index (Phi) is 2.55. The molecule has 0 aromatic heterocycles. The van der Waals surface area contributed by atoms with Crippen LogP contribution < -0.4 is 0 Å². The molecule has 0 aliphatic heterocycles. The van der Waals surface area contributed by atoms with E-state index in [9.17, 15) is 0 Å². The lowest BCUT2D eigenvalue weighted by atomic mass is 9.83. The van der Waals surface area contributed by atoms with Crippen molar-refractivity contribution in [2.75, 3.05) is 0 Å². The monoisotopic (exact) mass is 167 g/mol. The van der Waals surface area contributed by atoms with E-state index in [0.29, 0.717) is 0 Å². The highest BCUT2D eigenvalue weighted by molar-refractivity contribution is 5.91. The minimum Gasteiger partial charge on any atom is -0.411 e. The van der Waals surface area contributed by atoms with Gasteiger partial charge in [-0.25, -0.2) is 0 Å². The van der Waals surface area contributed by atoms with Crippen LogP contribution in [0, 0.1) is 5.41 Å². The van der Waals surface area contributed by atoms with E-state index in [1.54, 1.807) is 0 Å². The van der Waals surface area contributed by atoms with Crippen molar-refractivity contribution in [2.45, 2.75) is 39.5 Å². The first-order chi connectivity index (χ1) is 5.56. The van der Waals surface area contributed by atoms with Crippen molar-refractivity contribution in [3.8, 4) is 0 Å². The zero-order chi connectivity index (χ0) is 9.19. The molecular formula is C10H17NO. The van der Waals surface area contributed by atoms with Gasteiger partial charge >= 0.3 is 0 Å². The summed E-state index contributed by atoms with van der Waals surface area (Å²) in [7, 11) is 0. The third kappa shape index (κ3) is 1.87. The Labute approximate surface area is 74.0 Å². The fraction of sp³-hybridized carbons (Fsp3) is 0.700. The average Bonchev–Trinajstić information content (AvgIpc) is 2.10. The largest absolute Gasteiger partial charge is 0.411 e. The van der Waals surface area contributed by atoms with Crippen molar-refractivity contribution in [3.63, 3.8) is 0 Å². The maximum atomic E-state index is 8.82. The van der Waals surface area contributed by atoms with Crippen LogP contribution in [0.5, 0.6) is 0 Å². The number of nitrogens with zero attached hydrogens (tertiary/aromatic N) is 1. The number of hydrogen-bond donors (Lipinski definition) is 1. The lowest BCUT2D eigenvalue weighted by Crippen LogP contribution is -2.22. The van der Waals surface area contributed by atoms with Crippen molar-refractivity contribution in [2.24, 2.45) is 10.6 Å². The molecule has 68 valence electrons. The summed E-state index contributed by atoms with van der Waals surface area (Å²) in [5.74, 6) is 0. The molecular weight excluding hydrogens is 150 g/mol. The van der Waals surface area contributed by atoms with Gasteiger partial charge in [0.1, 0.15) is 0 Å². The average molecular weight is 167 g/mol. The highest BCUT2D eigenvalue weighted by Gasteiger charge is 2.28. The van der Waals surface area contributed by atoms with E-state index in [1.165, 1.54) is 5.57 Å². The van der Waals surface area contributed by atoms with E-state index >= 15 is 0 Å². The van der Waals surface area contributed by atoms with Gasteiger partial charge < -0.3 is 5.21 Å². The fourth-order valence-corrected chi connectivity index (χ4v) is 1.66. The van der Waals surface area contributed by atoms with Crippen molar-refractivity contribution in [3.05, 3.63) is 12.2 Å². The lowest BCUT2D eigenvalue weighted by Gasteiger charge is -2.22. The summed E-state index contributed by atoms with van der Waals surface area (Å²) in [5, 5.41) is 12.2. The van der Waals surface area contributed by atoms with Crippen molar-refractivity contribution in [1.82, 2.24) is 0 Å². The van der Waals surface area contributed by atoms with Gasteiger partial charge in [0.05, 0.1) is 5.71 Å². The molecule has 0 aromatic carbocycles. The highest BCUT2D eigenvalue weighted by atomic mass is 16.4. The van der Waals surface area contributed by atoms with E-state index in [0.717, 1.165) is 31.4 Å². The van der Waals surface area contributed by atoms with Crippen LogP contribution in [-0.2, 0) is 0 Å². The molecule has 1 N–H and O–H groups in total. The second-order valence-electron chi connectivity index (χ2n) is 4.21. The van der Waals surface area contributed by atoms with Gasteiger partial charge in [-0.1, -0.05) is 31.2 Å². The van der Waals surface area contributed by atoms with Crippen molar-refractivity contribution < 1.29 is 5.21 Å². The minimum absolute atomic E-state index is 0.0498. The Hall–Kier alpha value is -0.790. The van der Waals surface area contributed by atoms with Gasteiger partial charge in [-0.2, -0.15) is 0 Å². The van der Waals surface area contributed by atoms with E-state index in [2.05, 4.69) is 25.6 Å². The molecule has 2 nitrogen and oxygen atoms in total. The lowest BCUT2D eigenvalue weighted by molar-refractivity contribution is 0.305. The molecule has 0 bridgehead atoms. The Morgan fingerprint density at radius 2 is 2.17 bits per heavy atom. The van der Waals surface area contributed by atoms with Crippen LogP contribution in [-0.4, -0.2) is 10.9 Å². The molecule has 1 saturated carbocycles. The first-order valence-corrected chi connectivity index (χ1v) is 4.44. The minimum atomic E-state index is 0.0498. The number of rotatable bonds is 0. The highest BCUT2D eigenvalue weighted by Crippen LogP contribution is 2.33. The van der Waals surface area contributed by atoms with Gasteiger partial charge in [-0.3, -0.25) is 0 Å². The van der Waals surface area contributed by atoms with Crippen LogP contribution in [0.25, 0.3) is 0 Å². The Morgan fingerprint density at radius 3 is 2.75 bits per heavy atom. The summed E-state index contributed by atoms with van der Waals surface area (Å²) < 4.78 is 0. The SMILES string of the molecule is C=C1CCCC(C)(C)C(=NO)C1. The van der Waals surface area contributed by atoms with Crippen LogP contribution in [0.1, 0.15) is 39.5 Å². The van der Waals surface area contributed by atoms with E-state index in [1.807, 2.05) is 0 Å². The predicted molar refractivity (Wildman–Crippen MR) is 50.6 cm³/mol. The molecule has 1 aliphatic carbocycles. The van der Waals surface area contributed by atoms with Gasteiger partial charge in [0.25, 0.3) is 0 Å². The molecule has 0 radical (unpaired) electrons. The zero-order valence-corrected chi connectivity index (χ0v) is 7.93. The summed E-state index contributed by atoms with van der Waals surface area (Å²) in [5.41, 5.74) is 2.12. The molecule has 0 heterocycles. The van der Waals surface area contributed by atoms with E-state index in [-0.39, 0.29) is 5.41 Å². The molecule has 1 rings (SSSR count). The Bertz CT molecular complexity index is 216. The first-order valence-electron chi connectivity index (χ1n) is 4.44. The zero-order valence-electron chi connectivity index (χ0n) is 7.93. The van der Waals surface area contributed by atoms with Crippen molar-refractivity contribution in [1.29, 1.82) is 0 Å². The predicted octanol–water partition coefficient (Wildman–Crippen LogP) is 2.97. The standard InChI is InChI=1S/C10H17NO/c1-8-5-4-6-10(2,3)9(7-8)11-12/h12H,1,4-7H2,2-3H3. The van der Waals surface area contributed by atoms with Gasteiger partial charge in [-0.05, 0) is 19.3 Å². The normalized spacial score (nSPS) is 27.2. The van der Waals surface area contributed by atoms with Gasteiger partial charge in [0, 0.05) is 11.8 Å². The third-order valence-corrected chi connectivity index (χ3v) is 2.65. The molecule has 0 amide bonds. The molecule has 0 aromatic rings. The van der Waals surface area contributed by atoms with E-state index in [4.69, 9.17) is 5.21 Å². The second kappa shape index (κ2) is 3.30. The fourth-order valence-electron chi connectivity index (χ4n) is 1.66. The summed E-state index contributed by atoms with van der Waals surface area (Å²) in [6, 6.07) is 0. The summed E-state index contributed by atoms with van der Waals surface area (Å²) in [6.07, 6.45) is 4.09. The van der Waals surface area contributed by atoms with Crippen LogP contribution in [0.15, 0.2) is 17.3 Å². The van der Waals surface area contributed by atoms with Gasteiger partial charge in [0.15, 0.2) is 0 Å². The molecule has 0 spiro atoms. The molecule has 0 unspecified atom stereocenters. The number of oxime groups is 1. The molecule has 0 saturated heterocycles. The van der Waals surface area contributed by atoms with Crippen LogP contribution in [0.3, 0.4) is 0 Å². The van der Waals surface area contributed by atoms with Crippen LogP contribution >= 0.6 is 0 Å². The number of allylic oxidation sites excluding steroid dienone is 1. The molecule has 2 heteroatoms. The third-order valence-electron chi connectivity index (χ3n) is 2.65. The van der Waals surface area contributed by atoms with Gasteiger partial charge in [-0.15, -0.1) is 0 Å². The Balaban J connectivity index is 2.84. The summed E-state index contributed by atoms with van der Waals surface area (Å²) in [6.45, 7) is 8.20. The second-order valence-corrected chi connectivity index (χ2v) is 4.21. The van der Waals surface area contributed by atoms with Gasteiger partial charge in [0.2, 0.25) is 0 Å². The van der Waals surface area contributed by atoms with Crippen molar-refractivity contribution >= 4 is 5.71 Å². The molecule has 1 aliphatic rings. The summed E-state index contributed by atoms with van der Waals surface area (Å²) >= 11 is 0. The quantitative estimate of drug-likeness (QED) is 0.256. The van der Waals surface area contributed by atoms with Crippen LogP contribution in [0.4, 0.5) is 0 Å². The van der Waals surface area contributed by atoms with E-state index < -0.39 is 0 Å². The molecule has 1 fully saturated rings.